The first-order valence-electron chi connectivity index (χ1n) is 7.12. The maximum absolute atomic E-state index is 6.27. The average Bonchev–Trinajstić information content (AvgIpc) is 2.83. The molecule has 4 unspecified atom stereocenters. The third kappa shape index (κ3) is 2.66. The van der Waals surface area contributed by atoms with Crippen LogP contribution in [0.1, 0.15) is 54.7 Å². The predicted molar refractivity (Wildman–Crippen MR) is 83.8 cm³/mol. The van der Waals surface area contributed by atoms with E-state index in [1.807, 2.05) is 6.07 Å². The topological polar surface area (TPSA) is 0 Å². The molecule has 2 saturated carbocycles. The first kappa shape index (κ1) is 13.5. The van der Waals surface area contributed by atoms with Crippen LogP contribution < -0.4 is 0 Å². The van der Waals surface area contributed by atoms with Crippen LogP contribution in [-0.2, 0) is 0 Å². The Morgan fingerprint density at radius 2 is 1.94 bits per heavy atom. The van der Waals surface area contributed by atoms with Gasteiger partial charge in [0.25, 0.3) is 0 Å². The molecule has 4 atom stereocenters. The molecule has 0 nitrogen and oxygen atoms in total. The van der Waals surface area contributed by atoms with Crippen LogP contribution in [0.3, 0.4) is 0 Å². The SMILES string of the molecule is Clc1ccsc1C(Br)C1CCC2CCCCC2C1. The largest absolute Gasteiger partial charge is 0.146 e. The number of fused-ring (bicyclic) bond motifs is 1. The summed E-state index contributed by atoms with van der Waals surface area (Å²) in [4.78, 5) is 1.82. The monoisotopic (exact) mass is 346 g/mol. The molecule has 0 radical (unpaired) electrons. The molecule has 0 amide bonds. The Morgan fingerprint density at radius 1 is 1.17 bits per heavy atom. The van der Waals surface area contributed by atoms with E-state index in [0.717, 1.165) is 22.8 Å². The summed E-state index contributed by atoms with van der Waals surface area (Å²) in [6, 6.07) is 2.03. The Kier molecular flexibility index (Phi) is 4.37. The van der Waals surface area contributed by atoms with E-state index in [2.05, 4.69) is 21.3 Å². The third-order valence-corrected chi connectivity index (χ3v) is 7.84. The molecule has 0 spiro atoms. The van der Waals surface area contributed by atoms with Gasteiger partial charge in [-0.15, -0.1) is 11.3 Å². The van der Waals surface area contributed by atoms with Gasteiger partial charge >= 0.3 is 0 Å². The van der Waals surface area contributed by atoms with E-state index in [0.29, 0.717) is 4.83 Å². The van der Waals surface area contributed by atoms with Gasteiger partial charge in [0.1, 0.15) is 0 Å². The highest BCUT2D eigenvalue weighted by atomic mass is 79.9. The van der Waals surface area contributed by atoms with Gasteiger partial charge in [-0.3, -0.25) is 0 Å². The molecular weight excluding hydrogens is 328 g/mol. The van der Waals surface area contributed by atoms with Crippen molar-refractivity contribution in [3.05, 3.63) is 21.3 Å². The van der Waals surface area contributed by atoms with Crippen molar-refractivity contribution in [1.82, 2.24) is 0 Å². The normalized spacial score (nSPS) is 34.0. The molecule has 1 aromatic heterocycles. The molecule has 0 N–H and O–H groups in total. The van der Waals surface area contributed by atoms with Crippen molar-refractivity contribution in [3.8, 4) is 0 Å². The van der Waals surface area contributed by atoms with E-state index >= 15 is 0 Å². The minimum absolute atomic E-state index is 0.480. The van der Waals surface area contributed by atoms with Crippen molar-refractivity contribution >= 4 is 38.9 Å². The van der Waals surface area contributed by atoms with Crippen molar-refractivity contribution in [1.29, 1.82) is 0 Å². The van der Waals surface area contributed by atoms with Crippen LogP contribution in [0.15, 0.2) is 11.4 Å². The van der Waals surface area contributed by atoms with E-state index < -0.39 is 0 Å². The van der Waals surface area contributed by atoms with E-state index in [1.54, 1.807) is 11.3 Å². The van der Waals surface area contributed by atoms with Crippen LogP contribution in [0.2, 0.25) is 5.02 Å². The highest BCUT2D eigenvalue weighted by molar-refractivity contribution is 9.09. The molecule has 0 bridgehead atoms. The van der Waals surface area contributed by atoms with E-state index in [1.165, 1.54) is 49.8 Å². The van der Waals surface area contributed by atoms with E-state index in [4.69, 9.17) is 11.6 Å². The van der Waals surface area contributed by atoms with Gasteiger partial charge in [0.15, 0.2) is 0 Å². The average molecular weight is 348 g/mol. The van der Waals surface area contributed by atoms with E-state index in [-0.39, 0.29) is 0 Å². The van der Waals surface area contributed by atoms with Crippen molar-refractivity contribution < 1.29 is 0 Å². The lowest BCUT2D eigenvalue weighted by molar-refractivity contribution is 0.129. The van der Waals surface area contributed by atoms with Crippen LogP contribution >= 0.6 is 38.9 Å². The number of hydrogen-bond acceptors (Lipinski definition) is 1. The van der Waals surface area contributed by atoms with Crippen LogP contribution in [0.25, 0.3) is 0 Å². The van der Waals surface area contributed by atoms with Gasteiger partial charge < -0.3 is 0 Å². The van der Waals surface area contributed by atoms with Gasteiger partial charge in [0, 0.05) is 4.88 Å². The molecule has 2 aliphatic carbocycles. The minimum Gasteiger partial charge on any atom is -0.146 e. The van der Waals surface area contributed by atoms with Gasteiger partial charge in [0.05, 0.1) is 9.85 Å². The minimum atomic E-state index is 0.480. The number of hydrogen-bond donors (Lipinski definition) is 0. The summed E-state index contributed by atoms with van der Waals surface area (Å²) in [7, 11) is 0. The zero-order valence-corrected chi connectivity index (χ0v) is 13.7. The summed E-state index contributed by atoms with van der Waals surface area (Å²) in [5.74, 6) is 2.82. The molecule has 0 saturated heterocycles. The lowest BCUT2D eigenvalue weighted by Crippen LogP contribution is -2.29. The second-order valence-corrected chi connectivity index (χ2v) is 8.25. The van der Waals surface area contributed by atoms with Crippen molar-refractivity contribution in [3.63, 3.8) is 0 Å². The summed E-state index contributed by atoms with van der Waals surface area (Å²) in [6.45, 7) is 0. The van der Waals surface area contributed by atoms with Crippen molar-refractivity contribution in [2.45, 2.75) is 49.8 Å². The molecular formula is C15H20BrClS. The number of thiophene rings is 1. The summed E-state index contributed by atoms with van der Waals surface area (Å²) in [6.07, 6.45) is 10.1. The molecule has 0 aromatic carbocycles. The van der Waals surface area contributed by atoms with Crippen LogP contribution in [0, 0.1) is 17.8 Å². The lowest BCUT2D eigenvalue weighted by atomic mass is 9.67. The Labute approximate surface area is 127 Å². The fraction of sp³-hybridized carbons (Fsp3) is 0.733. The molecule has 100 valence electrons. The predicted octanol–water partition coefficient (Wildman–Crippen LogP) is 6.44. The van der Waals surface area contributed by atoms with Gasteiger partial charge in [-0.2, -0.15) is 0 Å². The number of alkyl halides is 1. The molecule has 2 aliphatic rings. The quantitative estimate of drug-likeness (QED) is 0.540. The van der Waals surface area contributed by atoms with Gasteiger partial charge in [-0.1, -0.05) is 53.2 Å². The molecule has 2 fully saturated rings. The second-order valence-electron chi connectivity index (χ2n) is 5.91. The summed E-state index contributed by atoms with van der Waals surface area (Å²) >= 11 is 12.0. The maximum atomic E-state index is 6.27. The third-order valence-electron chi connectivity index (χ3n) is 4.89. The molecule has 18 heavy (non-hydrogen) atoms. The highest BCUT2D eigenvalue weighted by Gasteiger charge is 2.35. The summed E-state index contributed by atoms with van der Waals surface area (Å²) in [5, 5.41) is 3.06. The standard InChI is InChI=1S/C15H20BrClS/c16-14(15-13(17)7-8-18-15)12-6-5-10-3-1-2-4-11(10)9-12/h7-8,10-12,14H,1-6,9H2. The summed E-state index contributed by atoms with van der Waals surface area (Å²) < 4.78 is 0. The van der Waals surface area contributed by atoms with Gasteiger partial charge in [0.2, 0.25) is 0 Å². The maximum Gasteiger partial charge on any atom is 0.0556 e. The smallest absolute Gasteiger partial charge is 0.0556 e. The fourth-order valence-corrected chi connectivity index (χ4v) is 6.32. The van der Waals surface area contributed by atoms with Crippen LogP contribution in [0.4, 0.5) is 0 Å². The van der Waals surface area contributed by atoms with Crippen molar-refractivity contribution in [2.24, 2.45) is 17.8 Å². The fourth-order valence-electron chi connectivity index (χ4n) is 3.89. The molecule has 3 heteroatoms. The number of rotatable bonds is 2. The summed E-state index contributed by atoms with van der Waals surface area (Å²) in [5.41, 5.74) is 0. The lowest BCUT2D eigenvalue weighted by Gasteiger charge is -2.40. The molecule has 1 aromatic rings. The zero-order chi connectivity index (χ0) is 12.5. The Balaban J connectivity index is 1.68. The molecule has 3 rings (SSSR count). The highest BCUT2D eigenvalue weighted by Crippen LogP contribution is 2.50. The van der Waals surface area contributed by atoms with Crippen LogP contribution in [0.5, 0.6) is 0 Å². The van der Waals surface area contributed by atoms with E-state index in [9.17, 15) is 0 Å². The van der Waals surface area contributed by atoms with Crippen molar-refractivity contribution in [2.75, 3.05) is 0 Å². The Hall–Kier alpha value is 0.470. The number of halogens is 2. The molecule has 0 aliphatic heterocycles. The Bertz CT molecular complexity index is 403. The van der Waals surface area contributed by atoms with Crippen LogP contribution in [-0.4, -0.2) is 0 Å². The zero-order valence-electron chi connectivity index (χ0n) is 10.6. The van der Waals surface area contributed by atoms with Gasteiger partial charge in [-0.25, -0.2) is 0 Å². The Morgan fingerprint density at radius 3 is 2.67 bits per heavy atom. The molecule has 1 heterocycles. The first-order valence-corrected chi connectivity index (χ1v) is 9.30. The second kappa shape index (κ2) is 5.85. The van der Waals surface area contributed by atoms with Gasteiger partial charge in [-0.05, 0) is 48.5 Å². The first-order chi connectivity index (χ1) is 8.75.